The summed E-state index contributed by atoms with van der Waals surface area (Å²) in [4.78, 5) is 23.6. The molecule has 0 fully saturated rings. The first-order valence-electron chi connectivity index (χ1n) is 8.65. The van der Waals surface area contributed by atoms with Gasteiger partial charge in [-0.1, -0.05) is 6.92 Å². The van der Waals surface area contributed by atoms with Crippen molar-refractivity contribution in [3.8, 4) is 28.1 Å². The third kappa shape index (κ3) is 2.75. The fraction of sp³-hybridized carbons (Fsp3) is 0.250. The summed E-state index contributed by atoms with van der Waals surface area (Å²) in [5.74, 6) is -0.357. The van der Waals surface area contributed by atoms with Gasteiger partial charge in [-0.05, 0) is 41.6 Å². The highest BCUT2D eigenvalue weighted by molar-refractivity contribution is 7.03. The smallest absolute Gasteiger partial charge is 0.341 e. The molecule has 0 aliphatic carbocycles. The lowest BCUT2D eigenvalue weighted by atomic mass is 9.87. The topological polar surface area (TPSA) is 81.4 Å². The molecule has 138 valence electrons. The molecule has 2 aromatic heterocycles. The summed E-state index contributed by atoms with van der Waals surface area (Å²) in [5.41, 5.74) is 5.20. The molecule has 0 radical (unpaired) electrons. The molecule has 6 nitrogen and oxygen atoms in total. The van der Waals surface area contributed by atoms with Crippen molar-refractivity contribution in [3.05, 3.63) is 56.8 Å². The SMILES string of the molecule is CCc1c2c(cc(-c3cnsc3)c1OC)-c1cc(=O)c(C(=O)O)cn1CC2. The van der Waals surface area contributed by atoms with Gasteiger partial charge in [0, 0.05) is 47.1 Å². The van der Waals surface area contributed by atoms with Crippen LogP contribution in [0, 0.1) is 0 Å². The Balaban J connectivity index is 2.03. The molecule has 0 atom stereocenters. The predicted octanol–water partition coefficient (Wildman–Crippen LogP) is 3.46. The number of carboxylic acids is 1. The van der Waals surface area contributed by atoms with Crippen molar-refractivity contribution < 1.29 is 14.6 Å². The number of ether oxygens (including phenoxy) is 1. The van der Waals surface area contributed by atoms with E-state index in [2.05, 4.69) is 11.3 Å². The lowest BCUT2D eigenvalue weighted by Gasteiger charge is -2.27. The van der Waals surface area contributed by atoms with Gasteiger partial charge < -0.3 is 14.4 Å². The first kappa shape index (κ1) is 17.5. The normalized spacial score (nSPS) is 12.4. The first-order valence-corrected chi connectivity index (χ1v) is 9.49. The summed E-state index contributed by atoms with van der Waals surface area (Å²) in [6.45, 7) is 2.71. The third-order valence-corrected chi connectivity index (χ3v) is 5.62. The fourth-order valence-corrected chi connectivity index (χ4v) is 4.35. The van der Waals surface area contributed by atoms with Crippen LogP contribution in [0.3, 0.4) is 0 Å². The minimum atomic E-state index is -1.20. The van der Waals surface area contributed by atoms with Crippen molar-refractivity contribution in [2.75, 3.05) is 7.11 Å². The Labute approximate surface area is 159 Å². The summed E-state index contributed by atoms with van der Waals surface area (Å²) < 4.78 is 11.8. The quantitative estimate of drug-likeness (QED) is 0.747. The molecule has 3 aromatic rings. The van der Waals surface area contributed by atoms with Gasteiger partial charge in [0.2, 0.25) is 0 Å². The number of rotatable bonds is 4. The van der Waals surface area contributed by atoms with E-state index in [0.29, 0.717) is 6.54 Å². The number of pyridine rings is 1. The number of hydrogen-bond acceptors (Lipinski definition) is 5. The van der Waals surface area contributed by atoms with E-state index in [0.717, 1.165) is 52.1 Å². The molecule has 27 heavy (non-hydrogen) atoms. The molecule has 0 spiro atoms. The van der Waals surface area contributed by atoms with Crippen LogP contribution in [0.15, 0.2) is 34.7 Å². The number of aromatic carboxylic acids is 1. The number of aryl methyl sites for hydroxylation is 1. The van der Waals surface area contributed by atoms with E-state index in [-0.39, 0.29) is 5.56 Å². The Morgan fingerprint density at radius 3 is 2.81 bits per heavy atom. The predicted molar refractivity (Wildman–Crippen MR) is 104 cm³/mol. The molecular formula is C20H18N2O4S. The van der Waals surface area contributed by atoms with Crippen molar-refractivity contribution in [3.63, 3.8) is 0 Å². The standard InChI is InChI=1S/C20H18N2O4S/c1-3-12-13-4-5-22-9-16(20(24)25)18(23)7-17(22)15(13)6-14(19(12)26-2)11-8-21-27-10-11/h6-10H,3-5H2,1-2H3,(H,24,25). The molecule has 0 bridgehead atoms. The van der Waals surface area contributed by atoms with Crippen LogP contribution in [-0.4, -0.2) is 27.1 Å². The van der Waals surface area contributed by atoms with Crippen molar-refractivity contribution in [1.82, 2.24) is 8.94 Å². The third-order valence-electron chi connectivity index (χ3n) is 5.03. The second-order valence-electron chi connectivity index (χ2n) is 6.41. The Hall–Kier alpha value is -2.93. The molecule has 0 saturated heterocycles. The maximum absolute atomic E-state index is 12.3. The van der Waals surface area contributed by atoms with Crippen molar-refractivity contribution >= 4 is 17.5 Å². The van der Waals surface area contributed by atoms with E-state index in [1.165, 1.54) is 23.8 Å². The molecule has 0 amide bonds. The van der Waals surface area contributed by atoms with Gasteiger partial charge in [0.1, 0.15) is 11.3 Å². The highest BCUT2D eigenvalue weighted by atomic mass is 32.1. The number of carboxylic acid groups (broad SMARTS) is 1. The monoisotopic (exact) mass is 382 g/mol. The molecule has 3 heterocycles. The molecule has 1 aromatic carbocycles. The highest BCUT2D eigenvalue weighted by Crippen LogP contribution is 2.43. The van der Waals surface area contributed by atoms with E-state index < -0.39 is 11.4 Å². The lowest BCUT2D eigenvalue weighted by molar-refractivity contribution is 0.0694. The van der Waals surface area contributed by atoms with Gasteiger partial charge in [-0.3, -0.25) is 4.79 Å². The van der Waals surface area contributed by atoms with E-state index in [9.17, 15) is 14.7 Å². The largest absolute Gasteiger partial charge is 0.496 e. The average molecular weight is 382 g/mol. The van der Waals surface area contributed by atoms with Gasteiger partial charge in [0.05, 0.1) is 12.8 Å². The van der Waals surface area contributed by atoms with Gasteiger partial charge in [0.15, 0.2) is 5.43 Å². The number of aromatic nitrogens is 2. The summed E-state index contributed by atoms with van der Waals surface area (Å²) in [6.07, 6.45) is 4.81. The van der Waals surface area contributed by atoms with Crippen LogP contribution >= 0.6 is 11.5 Å². The summed E-state index contributed by atoms with van der Waals surface area (Å²) in [5, 5.41) is 11.2. The number of hydrogen-bond donors (Lipinski definition) is 1. The highest BCUT2D eigenvalue weighted by Gasteiger charge is 2.25. The molecule has 4 rings (SSSR count). The van der Waals surface area contributed by atoms with Crippen LogP contribution in [-0.2, 0) is 19.4 Å². The Bertz CT molecular complexity index is 1100. The van der Waals surface area contributed by atoms with Gasteiger partial charge in [-0.25, -0.2) is 9.17 Å². The summed E-state index contributed by atoms with van der Waals surface area (Å²) in [7, 11) is 1.67. The van der Waals surface area contributed by atoms with E-state index >= 15 is 0 Å². The number of methoxy groups -OCH3 is 1. The number of fused-ring (bicyclic) bond motifs is 3. The second-order valence-corrected chi connectivity index (χ2v) is 7.07. The molecular weight excluding hydrogens is 364 g/mol. The maximum Gasteiger partial charge on any atom is 0.341 e. The van der Waals surface area contributed by atoms with E-state index in [1.807, 2.05) is 16.0 Å². The first-order chi connectivity index (χ1) is 13.0. The summed E-state index contributed by atoms with van der Waals surface area (Å²) in [6, 6.07) is 3.46. The number of nitrogens with zero attached hydrogens (tertiary/aromatic N) is 2. The Morgan fingerprint density at radius 2 is 2.19 bits per heavy atom. The minimum Gasteiger partial charge on any atom is -0.496 e. The van der Waals surface area contributed by atoms with Crippen molar-refractivity contribution in [1.29, 1.82) is 0 Å². The molecule has 1 aliphatic heterocycles. The van der Waals surface area contributed by atoms with Gasteiger partial charge in [-0.15, -0.1) is 0 Å². The van der Waals surface area contributed by atoms with Crippen LogP contribution < -0.4 is 10.2 Å². The Morgan fingerprint density at radius 1 is 1.37 bits per heavy atom. The van der Waals surface area contributed by atoms with Gasteiger partial charge in [0.25, 0.3) is 0 Å². The average Bonchev–Trinajstić information content (AvgIpc) is 3.20. The van der Waals surface area contributed by atoms with Crippen LogP contribution in [0.5, 0.6) is 5.75 Å². The zero-order valence-corrected chi connectivity index (χ0v) is 15.8. The number of carbonyl (C=O) groups is 1. The maximum atomic E-state index is 12.3. The molecule has 1 N–H and O–H groups in total. The van der Waals surface area contributed by atoms with E-state index in [1.54, 1.807) is 13.3 Å². The molecule has 1 aliphatic rings. The molecule has 0 unspecified atom stereocenters. The van der Waals surface area contributed by atoms with Crippen molar-refractivity contribution in [2.24, 2.45) is 0 Å². The van der Waals surface area contributed by atoms with E-state index in [4.69, 9.17) is 4.74 Å². The van der Waals surface area contributed by atoms with Crippen LogP contribution in [0.25, 0.3) is 22.4 Å². The molecule has 7 heteroatoms. The summed E-state index contributed by atoms with van der Waals surface area (Å²) >= 11 is 1.37. The zero-order valence-electron chi connectivity index (χ0n) is 15.0. The second kappa shape index (κ2) is 6.66. The number of benzene rings is 1. The van der Waals surface area contributed by atoms with Gasteiger partial charge in [-0.2, -0.15) is 0 Å². The van der Waals surface area contributed by atoms with Crippen LogP contribution in [0.2, 0.25) is 0 Å². The lowest BCUT2D eigenvalue weighted by Crippen LogP contribution is -2.22. The zero-order chi connectivity index (χ0) is 19.1. The van der Waals surface area contributed by atoms with Gasteiger partial charge >= 0.3 is 5.97 Å². The minimum absolute atomic E-state index is 0.200. The molecule has 0 saturated carbocycles. The fourth-order valence-electron chi connectivity index (χ4n) is 3.82. The van der Waals surface area contributed by atoms with Crippen LogP contribution in [0.1, 0.15) is 28.4 Å². The van der Waals surface area contributed by atoms with Crippen molar-refractivity contribution in [2.45, 2.75) is 26.3 Å². The Kier molecular flexibility index (Phi) is 4.31. The van der Waals surface area contributed by atoms with Crippen LogP contribution in [0.4, 0.5) is 0 Å².